The second-order valence-electron chi connectivity index (χ2n) is 5.95. The third-order valence-electron chi connectivity index (χ3n) is 4.04. The molecule has 0 atom stereocenters. The zero-order valence-electron chi connectivity index (χ0n) is 14.8. The Balaban J connectivity index is 0.000000613. The van der Waals surface area contributed by atoms with Crippen LogP contribution in [0.5, 0.6) is 0 Å². The van der Waals surface area contributed by atoms with Crippen LogP contribution in [0.15, 0.2) is 41.3 Å². The topological polar surface area (TPSA) is 78.6 Å². The fourth-order valence-corrected chi connectivity index (χ4v) is 3.20. The molecule has 0 aromatic carbocycles. The van der Waals surface area contributed by atoms with Gasteiger partial charge in [-0.1, -0.05) is 6.07 Å². The summed E-state index contributed by atoms with van der Waals surface area (Å²) in [5.74, 6) is 1.94. The van der Waals surface area contributed by atoms with Crippen LogP contribution in [0.25, 0.3) is 5.65 Å². The van der Waals surface area contributed by atoms with E-state index >= 15 is 0 Å². The molecule has 1 aliphatic rings. The molecule has 0 unspecified atom stereocenters. The highest BCUT2D eigenvalue weighted by molar-refractivity contribution is 9.10. The Morgan fingerprint density at radius 1 is 1.27 bits per heavy atom. The summed E-state index contributed by atoms with van der Waals surface area (Å²) in [6, 6.07) is 6.08. The Hall–Kier alpha value is -2.19. The molecule has 7 nitrogen and oxygen atoms in total. The molecule has 3 aromatic rings. The average molecular weight is 419 g/mol. The summed E-state index contributed by atoms with van der Waals surface area (Å²) >= 11 is 3.54. The molecule has 1 aliphatic heterocycles. The van der Waals surface area contributed by atoms with Gasteiger partial charge in [-0.15, -0.1) is 0 Å². The standard InChI is InChI=1S/C16H17BrN6.C2H6O/c17-13-11-20-23-14(19-10-12-4-3-5-18-9-12)8-15(21-16(13)23)22-6-1-2-7-22;1-2-3/h3-5,8-9,11,19H,1-2,6-7,10H2;3H,2H2,1H3. The number of hydrogen-bond acceptors (Lipinski definition) is 6. The van der Waals surface area contributed by atoms with Gasteiger partial charge in [0.15, 0.2) is 5.65 Å². The molecular formula is C18H23BrN6O. The van der Waals surface area contributed by atoms with E-state index in [0.29, 0.717) is 6.54 Å². The SMILES string of the molecule is Brc1cnn2c(NCc3cccnc3)cc(N3CCCC3)nc12.CCO. The Labute approximate surface area is 161 Å². The van der Waals surface area contributed by atoms with E-state index in [1.165, 1.54) is 12.8 Å². The second-order valence-corrected chi connectivity index (χ2v) is 6.81. The number of halogens is 1. The molecule has 0 aliphatic carbocycles. The molecular weight excluding hydrogens is 396 g/mol. The summed E-state index contributed by atoms with van der Waals surface area (Å²) < 4.78 is 2.74. The molecule has 0 radical (unpaired) electrons. The van der Waals surface area contributed by atoms with Gasteiger partial charge in [-0.25, -0.2) is 4.98 Å². The minimum Gasteiger partial charge on any atom is -0.397 e. The maximum absolute atomic E-state index is 7.57. The third kappa shape index (κ3) is 4.31. The number of aliphatic hydroxyl groups is 1. The minimum absolute atomic E-state index is 0.250. The van der Waals surface area contributed by atoms with E-state index in [1.807, 2.05) is 16.8 Å². The average Bonchev–Trinajstić information content (AvgIpc) is 3.32. The Kier molecular flexibility index (Phi) is 6.40. The number of nitrogens with one attached hydrogen (secondary N) is 1. The molecule has 1 saturated heterocycles. The lowest BCUT2D eigenvalue weighted by molar-refractivity contribution is 0.318. The first-order chi connectivity index (χ1) is 12.7. The van der Waals surface area contributed by atoms with E-state index in [1.54, 1.807) is 19.3 Å². The van der Waals surface area contributed by atoms with Crippen molar-refractivity contribution in [2.75, 3.05) is 29.9 Å². The Morgan fingerprint density at radius 2 is 2.04 bits per heavy atom. The molecule has 26 heavy (non-hydrogen) atoms. The van der Waals surface area contributed by atoms with Crippen molar-refractivity contribution in [2.24, 2.45) is 0 Å². The fraction of sp³-hybridized carbons (Fsp3) is 0.389. The van der Waals surface area contributed by atoms with Crippen LogP contribution in [0.4, 0.5) is 11.6 Å². The smallest absolute Gasteiger partial charge is 0.173 e. The first-order valence-electron chi connectivity index (χ1n) is 8.75. The van der Waals surface area contributed by atoms with E-state index in [9.17, 15) is 0 Å². The molecule has 1 fully saturated rings. The van der Waals surface area contributed by atoms with Gasteiger partial charge in [-0.2, -0.15) is 9.61 Å². The van der Waals surface area contributed by atoms with Crippen LogP contribution < -0.4 is 10.2 Å². The van der Waals surface area contributed by atoms with Crippen LogP contribution in [0, 0.1) is 0 Å². The van der Waals surface area contributed by atoms with Gasteiger partial charge in [0.1, 0.15) is 11.6 Å². The predicted molar refractivity (Wildman–Crippen MR) is 106 cm³/mol. The van der Waals surface area contributed by atoms with Crippen LogP contribution >= 0.6 is 15.9 Å². The molecule has 3 aromatic heterocycles. The molecule has 0 amide bonds. The van der Waals surface area contributed by atoms with Gasteiger partial charge >= 0.3 is 0 Å². The summed E-state index contributed by atoms with van der Waals surface area (Å²) in [7, 11) is 0. The monoisotopic (exact) mass is 418 g/mol. The highest BCUT2D eigenvalue weighted by atomic mass is 79.9. The van der Waals surface area contributed by atoms with Crippen LogP contribution in [-0.4, -0.2) is 44.4 Å². The number of rotatable bonds is 4. The van der Waals surface area contributed by atoms with E-state index in [4.69, 9.17) is 10.1 Å². The van der Waals surface area contributed by atoms with Crippen LogP contribution in [-0.2, 0) is 6.54 Å². The lowest BCUT2D eigenvalue weighted by Crippen LogP contribution is -2.20. The maximum Gasteiger partial charge on any atom is 0.173 e. The minimum atomic E-state index is 0.250. The number of hydrogen-bond donors (Lipinski definition) is 2. The van der Waals surface area contributed by atoms with Gasteiger partial charge < -0.3 is 15.3 Å². The van der Waals surface area contributed by atoms with Gasteiger partial charge in [-0.3, -0.25) is 4.98 Å². The van der Waals surface area contributed by atoms with Crippen molar-refractivity contribution in [3.05, 3.63) is 46.8 Å². The van der Waals surface area contributed by atoms with Crippen molar-refractivity contribution in [1.82, 2.24) is 19.6 Å². The highest BCUT2D eigenvalue weighted by Gasteiger charge is 2.17. The summed E-state index contributed by atoms with van der Waals surface area (Å²) in [6.45, 7) is 4.76. The van der Waals surface area contributed by atoms with Crippen molar-refractivity contribution in [3.8, 4) is 0 Å². The third-order valence-corrected chi connectivity index (χ3v) is 4.60. The largest absolute Gasteiger partial charge is 0.397 e. The summed E-state index contributed by atoms with van der Waals surface area (Å²) in [6.07, 6.45) is 7.89. The number of fused-ring (bicyclic) bond motifs is 1. The first-order valence-corrected chi connectivity index (χ1v) is 9.55. The van der Waals surface area contributed by atoms with E-state index in [0.717, 1.165) is 40.4 Å². The summed E-state index contributed by atoms with van der Waals surface area (Å²) in [4.78, 5) is 11.2. The quantitative estimate of drug-likeness (QED) is 0.677. The molecule has 138 valence electrons. The molecule has 4 heterocycles. The first kappa shape index (κ1) is 18.6. The molecule has 4 rings (SSSR count). The lowest BCUT2D eigenvalue weighted by atomic mass is 10.3. The van der Waals surface area contributed by atoms with Gasteiger partial charge in [0, 0.05) is 44.7 Å². The number of anilines is 2. The zero-order valence-corrected chi connectivity index (χ0v) is 16.4. The van der Waals surface area contributed by atoms with E-state index in [2.05, 4.69) is 48.4 Å². The van der Waals surface area contributed by atoms with Gasteiger partial charge in [0.25, 0.3) is 0 Å². The van der Waals surface area contributed by atoms with Gasteiger partial charge in [0.2, 0.25) is 0 Å². The maximum atomic E-state index is 7.57. The normalized spacial score (nSPS) is 13.6. The zero-order chi connectivity index (χ0) is 18.4. The molecule has 0 bridgehead atoms. The predicted octanol–water partition coefficient (Wildman–Crippen LogP) is 3.10. The molecule has 2 N–H and O–H groups in total. The fourth-order valence-electron chi connectivity index (χ4n) is 2.85. The van der Waals surface area contributed by atoms with Crippen LogP contribution in [0.1, 0.15) is 25.3 Å². The number of aromatic nitrogens is 4. The van der Waals surface area contributed by atoms with Gasteiger partial charge in [0.05, 0.1) is 10.7 Å². The van der Waals surface area contributed by atoms with E-state index in [-0.39, 0.29) is 6.61 Å². The number of pyridine rings is 1. The van der Waals surface area contributed by atoms with Crippen molar-refractivity contribution in [1.29, 1.82) is 0 Å². The molecule has 0 spiro atoms. The summed E-state index contributed by atoms with van der Waals surface area (Å²) in [5.41, 5.74) is 1.97. The van der Waals surface area contributed by atoms with Crippen molar-refractivity contribution in [3.63, 3.8) is 0 Å². The molecule has 0 saturated carbocycles. The Bertz CT molecular complexity index is 832. The number of nitrogens with zero attached hydrogens (tertiary/aromatic N) is 5. The number of aliphatic hydroxyl groups excluding tert-OH is 1. The Morgan fingerprint density at radius 3 is 2.73 bits per heavy atom. The van der Waals surface area contributed by atoms with Crippen molar-refractivity contribution >= 4 is 33.2 Å². The van der Waals surface area contributed by atoms with Crippen molar-refractivity contribution < 1.29 is 5.11 Å². The van der Waals surface area contributed by atoms with Crippen molar-refractivity contribution in [2.45, 2.75) is 26.3 Å². The molecule has 8 heteroatoms. The lowest BCUT2D eigenvalue weighted by Gasteiger charge is -2.18. The second kappa shape index (κ2) is 8.95. The van der Waals surface area contributed by atoms with Crippen LogP contribution in [0.3, 0.4) is 0 Å². The summed E-state index contributed by atoms with van der Waals surface area (Å²) in [5, 5.41) is 15.4. The highest BCUT2D eigenvalue weighted by Crippen LogP contribution is 2.26. The van der Waals surface area contributed by atoms with E-state index < -0.39 is 0 Å². The van der Waals surface area contributed by atoms with Gasteiger partial charge in [-0.05, 0) is 47.3 Å². The van der Waals surface area contributed by atoms with Crippen LogP contribution in [0.2, 0.25) is 0 Å².